The molecule has 3 rings (SSSR count). The second kappa shape index (κ2) is 6.74. The van der Waals surface area contributed by atoms with Gasteiger partial charge >= 0.3 is 0 Å². The number of benzene rings is 1. The van der Waals surface area contributed by atoms with Gasteiger partial charge in [0, 0.05) is 19.1 Å². The molecule has 1 fully saturated rings. The lowest BCUT2D eigenvalue weighted by molar-refractivity contribution is -0.131. The number of nitrogens with two attached hydrogens (primary N) is 1. The predicted octanol–water partition coefficient (Wildman–Crippen LogP) is 0.412. The van der Waals surface area contributed by atoms with E-state index >= 15 is 0 Å². The fourth-order valence-corrected chi connectivity index (χ4v) is 2.72. The van der Waals surface area contributed by atoms with Crippen molar-refractivity contribution in [2.45, 2.75) is 31.8 Å². The van der Waals surface area contributed by atoms with E-state index in [0.29, 0.717) is 25.5 Å². The van der Waals surface area contributed by atoms with Crippen LogP contribution in [-0.2, 0) is 4.79 Å². The maximum atomic E-state index is 12.6. The lowest BCUT2D eigenvalue weighted by atomic mass is 10.2. The van der Waals surface area contributed by atoms with Crippen molar-refractivity contribution in [1.82, 2.24) is 25.1 Å². The third kappa shape index (κ3) is 3.31. The molecular formula is C15H21N7O. The van der Waals surface area contributed by atoms with Gasteiger partial charge in [-0.3, -0.25) is 4.79 Å². The minimum Gasteiger partial charge on any atom is -0.341 e. The van der Waals surface area contributed by atoms with E-state index < -0.39 is 0 Å². The summed E-state index contributed by atoms with van der Waals surface area (Å²) in [5.41, 5.74) is 6.73. The second-order valence-electron chi connectivity index (χ2n) is 5.69. The number of nitrogens with one attached hydrogen (secondary N) is 1. The fraction of sp³-hybridized carbons (Fsp3) is 0.467. The molecule has 3 N–H and O–H groups in total. The summed E-state index contributed by atoms with van der Waals surface area (Å²) in [5.74, 6) is 0.503. The van der Waals surface area contributed by atoms with Crippen molar-refractivity contribution < 1.29 is 4.79 Å². The molecule has 1 aliphatic heterocycles. The lowest BCUT2D eigenvalue weighted by Crippen LogP contribution is -2.43. The zero-order valence-electron chi connectivity index (χ0n) is 13.1. The van der Waals surface area contributed by atoms with Crippen molar-refractivity contribution in [3.8, 4) is 5.69 Å². The van der Waals surface area contributed by atoms with Crippen LogP contribution in [0.5, 0.6) is 0 Å². The van der Waals surface area contributed by atoms with Crippen LogP contribution in [0.15, 0.2) is 30.3 Å². The van der Waals surface area contributed by atoms with Crippen molar-refractivity contribution in [2.75, 3.05) is 18.4 Å². The monoisotopic (exact) mass is 315 g/mol. The first-order valence-corrected chi connectivity index (χ1v) is 7.83. The largest absolute Gasteiger partial charge is 0.341 e. The number of hydrogen-bond donors (Lipinski definition) is 2. The van der Waals surface area contributed by atoms with Gasteiger partial charge in [0.05, 0.1) is 5.69 Å². The maximum absolute atomic E-state index is 12.6. The maximum Gasteiger partial charge on any atom is 0.248 e. The van der Waals surface area contributed by atoms with Crippen LogP contribution < -0.4 is 11.1 Å². The number of aromatic nitrogens is 4. The van der Waals surface area contributed by atoms with Crippen LogP contribution in [0, 0.1) is 0 Å². The van der Waals surface area contributed by atoms with E-state index in [0.717, 1.165) is 12.1 Å². The first kappa shape index (κ1) is 15.4. The molecule has 0 radical (unpaired) electrons. The van der Waals surface area contributed by atoms with Gasteiger partial charge in [-0.1, -0.05) is 30.2 Å². The van der Waals surface area contributed by atoms with Gasteiger partial charge in [-0.05, 0) is 35.4 Å². The van der Waals surface area contributed by atoms with Gasteiger partial charge in [0.2, 0.25) is 11.9 Å². The Morgan fingerprint density at radius 2 is 2.22 bits per heavy atom. The Bertz CT molecular complexity index is 657. The molecule has 1 aliphatic rings. The minimum absolute atomic E-state index is 0.0445. The topological polar surface area (TPSA) is 102 Å². The summed E-state index contributed by atoms with van der Waals surface area (Å²) in [5, 5.41) is 14.9. The molecule has 1 aromatic carbocycles. The van der Waals surface area contributed by atoms with Gasteiger partial charge in [-0.25, -0.2) is 0 Å². The molecule has 8 heteroatoms. The molecule has 2 heterocycles. The Kier molecular flexibility index (Phi) is 4.52. The highest BCUT2D eigenvalue weighted by Crippen LogP contribution is 2.15. The van der Waals surface area contributed by atoms with E-state index in [2.05, 4.69) is 20.8 Å². The number of nitrogens with zero attached hydrogens (tertiary/aromatic N) is 5. The number of anilines is 1. The number of carbonyl (C=O) groups is 1. The molecule has 0 aliphatic carbocycles. The van der Waals surface area contributed by atoms with Crippen LogP contribution >= 0.6 is 0 Å². The first-order chi connectivity index (χ1) is 11.2. The Labute approximate surface area is 134 Å². The van der Waals surface area contributed by atoms with E-state index in [1.165, 1.54) is 0 Å². The normalized spacial score (nSPS) is 18.9. The quantitative estimate of drug-likeness (QED) is 0.829. The van der Waals surface area contributed by atoms with Gasteiger partial charge in [0.1, 0.15) is 6.04 Å². The van der Waals surface area contributed by atoms with E-state index in [1.807, 2.05) is 42.2 Å². The third-order valence-corrected chi connectivity index (χ3v) is 4.02. The van der Waals surface area contributed by atoms with Crippen LogP contribution in [0.25, 0.3) is 5.69 Å². The number of rotatable bonds is 5. The van der Waals surface area contributed by atoms with Crippen molar-refractivity contribution in [1.29, 1.82) is 0 Å². The molecule has 0 saturated carbocycles. The molecule has 0 unspecified atom stereocenters. The number of para-hydroxylation sites is 1. The van der Waals surface area contributed by atoms with E-state index in [9.17, 15) is 4.79 Å². The van der Waals surface area contributed by atoms with E-state index in [-0.39, 0.29) is 18.0 Å². The highest BCUT2D eigenvalue weighted by Gasteiger charge is 2.29. The Hall–Kier alpha value is -2.48. The zero-order chi connectivity index (χ0) is 16.2. The lowest BCUT2D eigenvalue weighted by Gasteiger charge is -2.23. The number of likely N-dealkylation sites (tertiary alicyclic amines) is 1. The molecule has 2 aromatic rings. The van der Waals surface area contributed by atoms with Crippen LogP contribution in [0.3, 0.4) is 0 Å². The summed E-state index contributed by atoms with van der Waals surface area (Å²) in [6.45, 7) is 3.28. The Morgan fingerprint density at radius 1 is 1.43 bits per heavy atom. The predicted molar refractivity (Wildman–Crippen MR) is 86.0 cm³/mol. The smallest absolute Gasteiger partial charge is 0.248 e. The Morgan fingerprint density at radius 3 is 2.87 bits per heavy atom. The van der Waals surface area contributed by atoms with Crippen molar-refractivity contribution >= 4 is 11.9 Å². The average molecular weight is 315 g/mol. The van der Waals surface area contributed by atoms with Gasteiger partial charge in [0.25, 0.3) is 0 Å². The second-order valence-corrected chi connectivity index (χ2v) is 5.69. The number of amides is 1. The van der Waals surface area contributed by atoms with Crippen molar-refractivity contribution in [3.63, 3.8) is 0 Å². The van der Waals surface area contributed by atoms with E-state index in [1.54, 1.807) is 4.68 Å². The van der Waals surface area contributed by atoms with Gasteiger partial charge in [-0.2, -0.15) is 4.68 Å². The molecule has 0 spiro atoms. The molecule has 0 bridgehead atoms. The molecule has 122 valence electrons. The number of hydrogen-bond acceptors (Lipinski definition) is 6. The number of carbonyl (C=O) groups excluding carboxylic acids is 1. The molecule has 2 atom stereocenters. The van der Waals surface area contributed by atoms with Crippen molar-refractivity contribution in [2.24, 2.45) is 5.73 Å². The highest BCUT2D eigenvalue weighted by molar-refractivity contribution is 5.84. The van der Waals surface area contributed by atoms with Gasteiger partial charge < -0.3 is 16.0 Å². The molecule has 1 saturated heterocycles. The summed E-state index contributed by atoms with van der Waals surface area (Å²) in [7, 11) is 0. The third-order valence-electron chi connectivity index (χ3n) is 4.02. The van der Waals surface area contributed by atoms with Gasteiger partial charge in [-0.15, -0.1) is 0 Å². The SMILES string of the molecule is CC[C@@H](Nc1nnnn1-c1ccccc1)C(=O)N1CC[C@@H](N)C1. The summed E-state index contributed by atoms with van der Waals surface area (Å²) >= 11 is 0. The van der Waals surface area contributed by atoms with Crippen LogP contribution in [0.1, 0.15) is 19.8 Å². The molecule has 1 aromatic heterocycles. The summed E-state index contributed by atoms with van der Waals surface area (Å²) in [6, 6.07) is 9.27. The fourth-order valence-electron chi connectivity index (χ4n) is 2.72. The number of tetrazole rings is 1. The summed E-state index contributed by atoms with van der Waals surface area (Å²) in [6.07, 6.45) is 1.50. The van der Waals surface area contributed by atoms with Crippen LogP contribution in [-0.4, -0.2) is 56.2 Å². The van der Waals surface area contributed by atoms with E-state index in [4.69, 9.17) is 5.73 Å². The average Bonchev–Trinajstić information content (AvgIpc) is 3.21. The molecule has 1 amide bonds. The molecule has 23 heavy (non-hydrogen) atoms. The summed E-state index contributed by atoms with van der Waals surface area (Å²) in [4.78, 5) is 14.4. The highest BCUT2D eigenvalue weighted by atomic mass is 16.2. The van der Waals surface area contributed by atoms with Crippen LogP contribution in [0.2, 0.25) is 0 Å². The van der Waals surface area contributed by atoms with Gasteiger partial charge in [0.15, 0.2) is 0 Å². The molecular weight excluding hydrogens is 294 g/mol. The summed E-state index contributed by atoms with van der Waals surface area (Å²) < 4.78 is 1.59. The van der Waals surface area contributed by atoms with Crippen LogP contribution in [0.4, 0.5) is 5.95 Å². The standard InChI is InChI=1S/C15H21N7O/c1-2-13(14(23)21-9-8-11(16)10-21)17-15-18-19-20-22(15)12-6-4-3-5-7-12/h3-7,11,13H,2,8-10,16H2,1H3,(H,17,18,20)/t11-,13-/m1/s1. The van der Waals surface area contributed by atoms with Crippen molar-refractivity contribution in [3.05, 3.63) is 30.3 Å². The zero-order valence-corrected chi connectivity index (χ0v) is 13.1. The molecule has 8 nitrogen and oxygen atoms in total. The first-order valence-electron chi connectivity index (χ1n) is 7.83. The minimum atomic E-state index is -0.367. The Balaban J connectivity index is 1.75.